The van der Waals surface area contributed by atoms with E-state index in [-0.39, 0.29) is 17.9 Å². The van der Waals surface area contributed by atoms with Crippen LogP contribution in [-0.4, -0.2) is 33.8 Å². The molecule has 138 valence electrons. The number of nitrogens with one attached hydrogen (secondary N) is 1. The highest BCUT2D eigenvalue weighted by Crippen LogP contribution is 2.30. The summed E-state index contributed by atoms with van der Waals surface area (Å²) in [6, 6.07) is 3.90. The van der Waals surface area contributed by atoms with E-state index < -0.39 is 0 Å². The van der Waals surface area contributed by atoms with Crippen molar-refractivity contribution < 1.29 is 4.79 Å². The monoisotopic (exact) mass is 373 g/mol. The van der Waals surface area contributed by atoms with E-state index in [2.05, 4.69) is 20.3 Å². The highest BCUT2D eigenvalue weighted by Gasteiger charge is 2.30. The largest absolute Gasteiger partial charge is 0.357 e. The van der Waals surface area contributed by atoms with Crippen molar-refractivity contribution in [2.75, 3.05) is 18.0 Å². The Morgan fingerprint density at radius 3 is 2.81 bits per heavy atom. The van der Waals surface area contributed by atoms with Gasteiger partial charge in [0.05, 0.1) is 16.8 Å². The van der Waals surface area contributed by atoms with Gasteiger partial charge < -0.3 is 10.2 Å². The Morgan fingerprint density at radius 1 is 1.27 bits per heavy atom. The zero-order valence-corrected chi connectivity index (χ0v) is 15.7. The van der Waals surface area contributed by atoms with Gasteiger partial charge in [0.1, 0.15) is 5.82 Å². The maximum Gasteiger partial charge on any atom is 0.223 e. The minimum atomic E-state index is 0.0700. The molecule has 0 bridgehead atoms. The van der Waals surface area contributed by atoms with Crippen molar-refractivity contribution in [2.45, 2.75) is 38.1 Å². The third kappa shape index (κ3) is 3.56. The molecular weight excluding hydrogens is 350 g/mol. The molecule has 1 N–H and O–H groups in total. The van der Waals surface area contributed by atoms with Gasteiger partial charge in [-0.15, -0.1) is 0 Å². The lowest BCUT2D eigenvalue weighted by Gasteiger charge is -2.33. The van der Waals surface area contributed by atoms with Crippen molar-refractivity contribution >= 4 is 23.3 Å². The summed E-state index contributed by atoms with van der Waals surface area (Å²) in [4.78, 5) is 19.4. The molecular formula is C19H24ClN5O. The summed E-state index contributed by atoms with van der Waals surface area (Å²) in [5, 5.41) is 8.43. The van der Waals surface area contributed by atoms with E-state index in [1.165, 1.54) is 5.56 Å². The zero-order valence-electron chi connectivity index (χ0n) is 15.0. The second kappa shape index (κ2) is 7.27. The summed E-state index contributed by atoms with van der Waals surface area (Å²) in [5.74, 6) is 1.18. The molecule has 2 aromatic rings. The zero-order chi connectivity index (χ0) is 18.1. The van der Waals surface area contributed by atoms with Crippen molar-refractivity contribution in [2.24, 2.45) is 13.0 Å². The Hall–Kier alpha value is -2.08. The second-order valence-corrected chi connectivity index (χ2v) is 7.69. The van der Waals surface area contributed by atoms with E-state index in [1.54, 1.807) is 6.20 Å². The SMILES string of the molecule is Cn1cc2c(n1)CCCC2NC(=O)C1CCN(c2ccc(Cl)cn2)CC1. The second-order valence-electron chi connectivity index (χ2n) is 7.25. The fourth-order valence-corrected chi connectivity index (χ4v) is 4.14. The first kappa shape index (κ1) is 17.3. The summed E-state index contributed by atoms with van der Waals surface area (Å²) >= 11 is 5.91. The van der Waals surface area contributed by atoms with E-state index in [1.807, 2.05) is 30.1 Å². The number of rotatable bonds is 3. The summed E-state index contributed by atoms with van der Waals surface area (Å²) in [6.07, 6.45) is 8.51. The van der Waals surface area contributed by atoms with Gasteiger partial charge in [0.25, 0.3) is 0 Å². The van der Waals surface area contributed by atoms with Crippen LogP contribution in [-0.2, 0) is 18.3 Å². The Morgan fingerprint density at radius 2 is 2.08 bits per heavy atom. The van der Waals surface area contributed by atoms with Gasteiger partial charge in [-0.1, -0.05) is 11.6 Å². The van der Waals surface area contributed by atoms with E-state index in [0.29, 0.717) is 5.02 Å². The predicted octanol–water partition coefficient (Wildman–Crippen LogP) is 2.88. The Kier molecular flexibility index (Phi) is 4.85. The molecule has 4 rings (SSSR count). The van der Waals surface area contributed by atoms with Crippen LogP contribution >= 0.6 is 11.6 Å². The molecule has 0 spiro atoms. The molecule has 1 saturated heterocycles. The number of carbonyl (C=O) groups excluding carboxylic acids is 1. The maximum atomic E-state index is 12.8. The average molecular weight is 374 g/mol. The van der Waals surface area contributed by atoms with Crippen LogP contribution in [0.2, 0.25) is 5.02 Å². The van der Waals surface area contributed by atoms with E-state index in [0.717, 1.165) is 56.7 Å². The van der Waals surface area contributed by atoms with Crippen LogP contribution in [0.5, 0.6) is 0 Å². The smallest absolute Gasteiger partial charge is 0.223 e. The average Bonchev–Trinajstić information content (AvgIpc) is 3.04. The van der Waals surface area contributed by atoms with Gasteiger partial charge in [0.2, 0.25) is 5.91 Å². The molecule has 1 aliphatic heterocycles. The number of carbonyl (C=O) groups is 1. The van der Waals surface area contributed by atoms with Crippen LogP contribution < -0.4 is 10.2 Å². The third-order valence-corrected chi connectivity index (χ3v) is 5.66. The standard InChI is InChI=1S/C19H24ClN5O/c1-24-12-15-16(3-2-4-17(15)23-24)22-19(26)13-7-9-25(10-8-13)18-6-5-14(20)11-21-18/h5-6,11-13,16H,2-4,7-10H2,1H3,(H,22,26). The molecule has 26 heavy (non-hydrogen) atoms. The first-order valence-electron chi connectivity index (χ1n) is 9.29. The van der Waals surface area contributed by atoms with Gasteiger partial charge in [-0.25, -0.2) is 4.98 Å². The molecule has 1 amide bonds. The predicted molar refractivity (Wildman–Crippen MR) is 101 cm³/mol. The van der Waals surface area contributed by atoms with Crippen LogP contribution in [0.15, 0.2) is 24.5 Å². The van der Waals surface area contributed by atoms with Crippen molar-refractivity contribution in [1.82, 2.24) is 20.1 Å². The molecule has 3 heterocycles. The summed E-state index contributed by atoms with van der Waals surface area (Å²) in [5.41, 5.74) is 2.32. The molecule has 2 aliphatic rings. The fourth-order valence-electron chi connectivity index (χ4n) is 4.03. The topological polar surface area (TPSA) is 63.1 Å². The number of aryl methyl sites for hydroxylation is 2. The molecule has 1 fully saturated rings. The van der Waals surface area contributed by atoms with Crippen molar-refractivity contribution in [1.29, 1.82) is 0 Å². The maximum absolute atomic E-state index is 12.8. The highest BCUT2D eigenvalue weighted by molar-refractivity contribution is 6.30. The van der Waals surface area contributed by atoms with Crippen molar-refractivity contribution in [3.05, 3.63) is 40.8 Å². The first-order chi connectivity index (χ1) is 12.6. The molecule has 0 aromatic carbocycles. The molecule has 1 atom stereocenters. The van der Waals surface area contributed by atoms with Gasteiger partial charge in [0.15, 0.2) is 0 Å². The Labute approximate surface area is 158 Å². The van der Waals surface area contributed by atoms with Crippen LogP contribution in [0, 0.1) is 5.92 Å². The van der Waals surface area contributed by atoms with Gasteiger partial charge in [-0.05, 0) is 44.2 Å². The minimum Gasteiger partial charge on any atom is -0.357 e. The minimum absolute atomic E-state index is 0.0700. The van der Waals surface area contributed by atoms with Gasteiger partial charge in [0, 0.05) is 44.0 Å². The highest BCUT2D eigenvalue weighted by atomic mass is 35.5. The number of amides is 1. The molecule has 1 unspecified atom stereocenters. The number of fused-ring (bicyclic) bond motifs is 1. The summed E-state index contributed by atoms with van der Waals surface area (Å²) in [6.45, 7) is 1.69. The van der Waals surface area contributed by atoms with Crippen LogP contribution in [0.4, 0.5) is 5.82 Å². The van der Waals surface area contributed by atoms with E-state index >= 15 is 0 Å². The molecule has 2 aromatic heterocycles. The van der Waals surface area contributed by atoms with Gasteiger partial charge in [-0.3, -0.25) is 9.48 Å². The van der Waals surface area contributed by atoms with Crippen molar-refractivity contribution in [3.8, 4) is 0 Å². The third-order valence-electron chi connectivity index (χ3n) is 5.44. The number of hydrogen-bond donors (Lipinski definition) is 1. The Balaban J connectivity index is 1.35. The van der Waals surface area contributed by atoms with E-state index in [4.69, 9.17) is 11.6 Å². The number of pyridine rings is 1. The van der Waals surface area contributed by atoms with Crippen LogP contribution in [0.25, 0.3) is 0 Å². The van der Waals surface area contributed by atoms with Crippen LogP contribution in [0.3, 0.4) is 0 Å². The normalized spacial score (nSPS) is 20.7. The number of halogens is 1. The quantitative estimate of drug-likeness (QED) is 0.898. The van der Waals surface area contributed by atoms with Crippen molar-refractivity contribution in [3.63, 3.8) is 0 Å². The Bertz CT molecular complexity index is 780. The molecule has 1 aliphatic carbocycles. The number of piperidine rings is 1. The first-order valence-corrected chi connectivity index (χ1v) is 9.67. The van der Waals surface area contributed by atoms with Gasteiger partial charge in [-0.2, -0.15) is 5.10 Å². The molecule has 0 radical (unpaired) electrons. The number of hydrogen-bond acceptors (Lipinski definition) is 4. The molecule has 6 nitrogen and oxygen atoms in total. The lowest BCUT2D eigenvalue weighted by molar-refractivity contribution is -0.126. The number of nitrogens with zero attached hydrogens (tertiary/aromatic N) is 4. The summed E-state index contributed by atoms with van der Waals surface area (Å²) in [7, 11) is 1.94. The summed E-state index contributed by atoms with van der Waals surface area (Å²) < 4.78 is 1.85. The molecule has 0 saturated carbocycles. The number of anilines is 1. The van der Waals surface area contributed by atoms with Gasteiger partial charge >= 0.3 is 0 Å². The number of aromatic nitrogens is 3. The molecule has 7 heteroatoms. The lowest BCUT2D eigenvalue weighted by atomic mass is 9.91. The lowest BCUT2D eigenvalue weighted by Crippen LogP contribution is -2.42. The van der Waals surface area contributed by atoms with E-state index in [9.17, 15) is 4.79 Å². The fraction of sp³-hybridized carbons (Fsp3) is 0.526. The van der Waals surface area contributed by atoms with Crippen LogP contribution in [0.1, 0.15) is 43.0 Å².